The van der Waals surface area contributed by atoms with Crippen LogP contribution in [-0.2, 0) is 17.1 Å². The van der Waals surface area contributed by atoms with Crippen LogP contribution in [-0.4, -0.2) is 54.3 Å². The SMILES string of the molecule is Cn1cc(S(=O)(=O)N2CCCCC2)cc1C(=O)N1CCC(C#N)CC1. The van der Waals surface area contributed by atoms with Gasteiger partial charge in [0.05, 0.1) is 6.07 Å². The monoisotopic (exact) mass is 364 g/mol. The first kappa shape index (κ1) is 18.0. The van der Waals surface area contributed by atoms with Crippen molar-refractivity contribution in [1.29, 1.82) is 5.26 Å². The lowest BCUT2D eigenvalue weighted by atomic mass is 9.98. The zero-order valence-corrected chi connectivity index (χ0v) is 15.3. The number of carbonyl (C=O) groups is 1. The average molecular weight is 364 g/mol. The lowest BCUT2D eigenvalue weighted by Gasteiger charge is -2.29. The van der Waals surface area contributed by atoms with Crippen LogP contribution in [0.3, 0.4) is 0 Å². The third kappa shape index (κ3) is 3.58. The second-order valence-corrected chi connectivity index (χ2v) is 8.77. The lowest BCUT2D eigenvalue weighted by molar-refractivity contribution is 0.0697. The van der Waals surface area contributed by atoms with Crippen molar-refractivity contribution in [2.24, 2.45) is 13.0 Å². The number of sulfonamides is 1. The van der Waals surface area contributed by atoms with Gasteiger partial charge in [-0.25, -0.2) is 8.42 Å². The summed E-state index contributed by atoms with van der Waals surface area (Å²) in [6, 6.07) is 3.74. The first-order chi connectivity index (χ1) is 11.9. The van der Waals surface area contributed by atoms with Crippen LogP contribution in [0.25, 0.3) is 0 Å². The number of aryl methyl sites for hydroxylation is 1. The summed E-state index contributed by atoms with van der Waals surface area (Å²) in [5.41, 5.74) is 0.381. The van der Waals surface area contributed by atoms with Crippen LogP contribution in [0.2, 0.25) is 0 Å². The number of carbonyl (C=O) groups excluding carboxylic acids is 1. The van der Waals surface area contributed by atoms with E-state index in [1.165, 1.54) is 16.6 Å². The summed E-state index contributed by atoms with van der Waals surface area (Å²) in [6.07, 6.45) is 5.69. The standard InChI is InChI=1S/C17H24N4O3S/c1-19-13-15(25(23,24)21-7-3-2-4-8-21)11-16(19)17(22)20-9-5-14(12-18)6-10-20/h11,13-14H,2-10H2,1H3. The number of likely N-dealkylation sites (tertiary alicyclic amines) is 1. The highest BCUT2D eigenvalue weighted by Crippen LogP contribution is 2.24. The Balaban J connectivity index is 1.78. The van der Waals surface area contributed by atoms with Crippen LogP contribution in [0.5, 0.6) is 0 Å². The molecule has 2 fully saturated rings. The highest BCUT2D eigenvalue weighted by molar-refractivity contribution is 7.89. The number of aromatic nitrogens is 1. The molecule has 1 aromatic rings. The summed E-state index contributed by atoms with van der Waals surface area (Å²) in [7, 11) is -1.84. The van der Waals surface area contributed by atoms with Crippen molar-refractivity contribution in [1.82, 2.24) is 13.8 Å². The fraction of sp³-hybridized carbons (Fsp3) is 0.647. The van der Waals surface area contributed by atoms with Crippen molar-refractivity contribution in [3.8, 4) is 6.07 Å². The third-order valence-electron chi connectivity index (χ3n) is 5.12. The second-order valence-electron chi connectivity index (χ2n) is 6.83. The molecule has 8 heteroatoms. The van der Waals surface area contributed by atoms with Crippen LogP contribution < -0.4 is 0 Å². The minimum Gasteiger partial charge on any atom is -0.345 e. The molecule has 25 heavy (non-hydrogen) atoms. The van der Waals surface area contributed by atoms with Crippen molar-refractivity contribution < 1.29 is 13.2 Å². The molecule has 0 bridgehead atoms. The summed E-state index contributed by atoms with van der Waals surface area (Å²) in [5.74, 6) is -0.161. The topological polar surface area (TPSA) is 86.4 Å². The zero-order valence-electron chi connectivity index (χ0n) is 14.5. The molecule has 136 valence electrons. The molecule has 3 rings (SSSR count). The predicted octanol–water partition coefficient (Wildman–Crippen LogP) is 1.58. The predicted molar refractivity (Wildman–Crippen MR) is 92.3 cm³/mol. The molecule has 0 spiro atoms. The molecule has 2 saturated heterocycles. The Kier molecular flexibility index (Phi) is 5.16. The minimum absolute atomic E-state index is 0.00695. The van der Waals surface area contributed by atoms with Gasteiger partial charge in [0, 0.05) is 45.3 Å². The molecule has 3 heterocycles. The number of rotatable bonds is 3. The molecule has 0 aromatic carbocycles. The molecule has 0 N–H and O–H groups in total. The van der Waals surface area contributed by atoms with Gasteiger partial charge in [0.2, 0.25) is 10.0 Å². The molecule has 7 nitrogen and oxygen atoms in total. The van der Waals surface area contributed by atoms with E-state index in [1.807, 2.05) is 0 Å². The third-order valence-corrected chi connectivity index (χ3v) is 6.98. The maximum Gasteiger partial charge on any atom is 0.270 e. The van der Waals surface area contributed by atoms with Crippen molar-refractivity contribution in [3.05, 3.63) is 18.0 Å². The van der Waals surface area contributed by atoms with E-state index in [0.717, 1.165) is 19.3 Å². The highest BCUT2D eigenvalue weighted by Gasteiger charge is 2.30. The molecule has 0 atom stereocenters. The Morgan fingerprint density at radius 2 is 1.80 bits per heavy atom. The van der Waals surface area contributed by atoms with E-state index in [-0.39, 0.29) is 16.7 Å². The van der Waals surface area contributed by atoms with Gasteiger partial charge in [0.25, 0.3) is 5.91 Å². The van der Waals surface area contributed by atoms with Crippen LogP contribution in [0.1, 0.15) is 42.6 Å². The van der Waals surface area contributed by atoms with Crippen LogP contribution in [0.4, 0.5) is 0 Å². The maximum absolute atomic E-state index is 12.8. The lowest BCUT2D eigenvalue weighted by Crippen LogP contribution is -2.39. The Hall–Kier alpha value is -1.85. The van der Waals surface area contributed by atoms with Crippen LogP contribution in [0.15, 0.2) is 17.2 Å². The molecular formula is C17H24N4O3S. The molecular weight excluding hydrogens is 340 g/mol. The Morgan fingerprint density at radius 1 is 1.16 bits per heavy atom. The van der Waals surface area contributed by atoms with Gasteiger partial charge in [-0.15, -0.1) is 0 Å². The van der Waals surface area contributed by atoms with Gasteiger partial charge in [0.1, 0.15) is 10.6 Å². The second kappa shape index (κ2) is 7.18. The van der Waals surface area contributed by atoms with E-state index in [4.69, 9.17) is 5.26 Å². The summed E-state index contributed by atoms with van der Waals surface area (Å²) in [4.78, 5) is 14.6. The first-order valence-electron chi connectivity index (χ1n) is 8.79. The van der Waals surface area contributed by atoms with E-state index in [1.54, 1.807) is 16.5 Å². The van der Waals surface area contributed by atoms with E-state index >= 15 is 0 Å². The van der Waals surface area contributed by atoms with E-state index < -0.39 is 10.0 Å². The van der Waals surface area contributed by atoms with Gasteiger partial charge < -0.3 is 9.47 Å². The van der Waals surface area contributed by atoms with E-state index in [2.05, 4.69) is 6.07 Å². The van der Waals surface area contributed by atoms with Gasteiger partial charge in [-0.1, -0.05) is 6.42 Å². The van der Waals surface area contributed by atoms with E-state index in [9.17, 15) is 13.2 Å². The highest BCUT2D eigenvalue weighted by atomic mass is 32.2. The fourth-order valence-corrected chi connectivity index (χ4v) is 5.10. The summed E-state index contributed by atoms with van der Waals surface area (Å²) < 4.78 is 28.7. The van der Waals surface area contributed by atoms with E-state index in [0.29, 0.717) is 44.7 Å². The Labute approximate surface area is 148 Å². The summed E-state index contributed by atoms with van der Waals surface area (Å²) >= 11 is 0. The van der Waals surface area contributed by atoms with Gasteiger partial charge >= 0.3 is 0 Å². The van der Waals surface area contributed by atoms with Crippen LogP contribution >= 0.6 is 0 Å². The normalized spacial score (nSPS) is 20.4. The van der Waals surface area contributed by atoms with Gasteiger partial charge in [0.15, 0.2) is 0 Å². The quantitative estimate of drug-likeness (QED) is 0.815. The van der Waals surface area contributed by atoms with Crippen molar-refractivity contribution in [2.75, 3.05) is 26.2 Å². The van der Waals surface area contributed by atoms with Gasteiger partial charge in [-0.05, 0) is 31.7 Å². The molecule has 0 saturated carbocycles. The number of amides is 1. The zero-order chi connectivity index (χ0) is 18.0. The van der Waals surface area contributed by atoms with Gasteiger partial charge in [-0.2, -0.15) is 9.57 Å². The maximum atomic E-state index is 12.8. The molecule has 2 aliphatic rings. The molecule has 0 aliphatic carbocycles. The van der Waals surface area contributed by atoms with Crippen molar-refractivity contribution in [2.45, 2.75) is 37.0 Å². The molecule has 1 amide bonds. The van der Waals surface area contributed by atoms with Crippen molar-refractivity contribution >= 4 is 15.9 Å². The Bertz CT molecular complexity index is 779. The van der Waals surface area contributed by atoms with Crippen LogP contribution in [0, 0.1) is 17.2 Å². The summed E-state index contributed by atoms with van der Waals surface area (Å²) in [6.45, 7) is 2.16. The first-order valence-corrected chi connectivity index (χ1v) is 10.2. The number of hydrogen-bond acceptors (Lipinski definition) is 4. The smallest absolute Gasteiger partial charge is 0.270 e. The largest absolute Gasteiger partial charge is 0.345 e. The number of nitriles is 1. The van der Waals surface area contributed by atoms with Crippen molar-refractivity contribution in [3.63, 3.8) is 0 Å². The number of hydrogen-bond donors (Lipinski definition) is 0. The van der Waals surface area contributed by atoms with Gasteiger partial charge in [-0.3, -0.25) is 4.79 Å². The molecule has 2 aliphatic heterocycles. The number of nitrogens with zero attached hydrogens (tertiary/aromatic N) is 4. The number of piperidine rings is 2. The molecule has 0 radical (unpaired) electrons. The molecule has 1 aromatic heterocycles. The fourth-order valence-electron chi connectivity index (χ4n) is 3.52. The minimum atomic E-state index is -3.54. The Morgan fingerprint density at radius 3 is 2.40 bits per heavy atom. The summed E-state index contributed by atoms with van der Waals surface area (Å²) in [5, 5.41) is 8.96. The average Bonchev–Trinajstić information content (AvgIpc) is 3.04. The molecule has 0 unspecified atom stereocenters.